The van der Waals surface area contributed by atoms with E-state index in [-0.39, 0.29) is 11.4 Å². The predicted octanol–water partition coefficient (Wildman–Crippen LogP) is 4.53. The van der Waals surface area contributed by atoms with Crippen molar-refractivity contribution < 1.29 is 14.3 Å². The van der Waals surface area contributed by atoms with Crippen LogP contribution in [0.15, 0.2) is 12.1 Å². The Morgan fingerprint density at radius 3 is 2.20 bits per heavy atom. The van der Waals surface area contributed by atoms with Gasteiger partial charge in [-0.2, -0.15) is 0 Å². The quantitative estimate of drug-likeness (QED) is 0.338. The van der Waals surface area contributed by atoms with Gasteiger partial charge in [0.15, 0.2) is 0 Å². The normalized spacial score (nSPS) is 11.3. The lowest BCUT2D eigenvalue weighted by atomic mass is 9.87. The van der Waals surface area contributed by atoms with Gasteiger partial charge in [0.25, 0.3) is 0 Å². The van der Waals surface area contributed by atoms with Crippen LogP contribution in [0.5, 0.6) is 5.75 Å². The number of benzene rings is 1. The molecule has 0 aromatic heterocycles. The smallest absolute Gasteiger partial charge is 0.305 e. The number of esters is 1. The molecule has 0 aliphatic carbocycles. The van der Waals surface area contributed by atoms with Gasteiger partial charge in [-0.25, -0.2) is 0 Å². The third kappa shape index (κ3) is 5.38. The predicted molar refractivity (Wildman–Crippen MR) is 97.3 cm³/mol. The van der Waals surface area contributed by atoms with Gasteiger partial charge in [-0.1, -0.05) is 20.8 Å². The van der Waals surface area contributed by atoms with Crippen LogP contribution in [-0.4, -0.2) is 19.7 Å². The summed E-state index contributed by atoms with van der Waals surface area (Å²) in [5.41, 5.74) is 1.43. The average Bonchev–Trinajstić information content (AvgIpc) is 2.35. The van der Waals surface area contributed by atoms with Crippen LogP contribution >= 0.6 is 45.2 Å². The molecule has 0 saturated carbocycles. The molecular weight excluding hydrogens is 482 g/mol. The summed E-state index contributed by atoms with van der Waals surface area (Å²) in [6, 6.07) is 4.33. The molecule has 0 fully saturated rings. The first-order valence-corrected chi connectivity index (χ1v) is 8.60. The molecule has 0 spiro atoms. The summed E-state index contributed by atoms with van der Waals surface area (Å²) in [6.07, 6.45) is 1.06. The van der Waals surface area contributed by atoms with E-state index in [9.17, 15) is 4.79 Å². The Labute approximate surface area is 148 Å². The maximum Gasteiger partial charge on any atom is 0.305 e. The average molecular weight is 502 g/mol. The fraction of sp³-hybridized carbons (Fsp3) is 0.533. The van der Waals surface area contributed by atoms with Gasteiger partial charge in [0.2, 0.25) is 0 Å². The molecule has 112 valence electrons. The van der Waals surface area contributed by atoms with Crippen LogP contribution < -0.4 is 4.74 Å². The number of ether oxygens (including phenoxy) is 2. The van der Waals surface area contributed by atoms with E-state index in [4.69, 9.17) is 4.74 Å². The SMILES string of the molecule is COC(=O)CCCOc1c(I)cc(C(C)(C)C)cc1I. The van der Waals surface area contributed by atoms with Crippen molar-refractivity contribution in [1.29, 1.82) is 0 Å². The van der Waals surface area contributed by atoms with Crippen LogP contribution in [0.25, 0.3) is 0 Å². The highest BCUT2D eigenvalue weighted by Crippen LogP contribution is 2.33. The molecule has 1 aromatic rings. The molecule has 3 nitrogen and oxygen atoms in total. The Bertz CT molecular complexity index is 455. The van der Waals surface area contributed by atoms with E-state index in [0.717, 1.165) is 12.9 Å². The van der Waals surface area contributed by atoms with Gasteiger partial charge in [-0.15, -0.1) is 0 Å². The number of carbonyl (C=O) groups excluding carboxylic acids is 1. The van der Waals surface area contributed by atoms with E-state index in [1.165, 1.54) is 12.7 Å². The van der Waals surface area contributed by atoms with Crippen LogP contribution in [-0.2, 0) is 14.9 Å². The lowest BCUT2D eigenvalue weighted by Crippen LogP contribution is -2.12. The van der Waals surface area contributed by atoms with Crippen LogP contribution in [0.1, 0.15) is 39.2 Å². The number of hydrogen-bond donors (Lipinski definition) is 0. The minimum absolute atomic E-state index is 0.128. The molecule has 0 N–H and O–H groups in total. The second kappa shape index (κ2) is 7.82. The summed E-state index contributed by atoms with van der Waals surface area (Å²) in [5.74, 6) is 0.713. The van der Waals surface area contributed by atoms with Crippen molar-refractivity contribution in [2.24, 2.45) is 0 Å². The van der Waals surface area contributed by atoms with Gasteiger partial charge in [0.05, 0.1) is 20.9 Å². The first-order valence-electron chi connectivity index (χ1n) is 6.45. The molecule has 0 aliphatic rings. The third-order valence-corrected chi connectivity index (χ3v) is 4.47. The molecule has 0 amide bonds. The number of halogens is 2. The minimum Gasteiger partial charge on any atom is -0.491 e. The molecule has 0 aliphatic heterocycles. The highest BCUT2D eigenvalue weighted by molar-refractivity contribution is 14.1. The van der Waals surface area contributed by atoms with Gasteiger partial charge in [0.1, 0.15) is 5.75 Å². The third-order valence-electron chi connectivity index (χ3n) is 2.86. The van der Waals surface area contributed by atoms with Gasteiger partial charge >= 0.3 is 5.97 Å². The minimum atomic E-state index is -0.193. The Hall–Kier alpha value is -0.0500. The highest BCUT2D eigenvalue weighted by Gasteiger charge is 2.18. The zero-order valence-electron chi connectivity index (χ0n) is 12.3. The molecule has 0 radical (unpaired) electrons. The molecule has 20 heavy (non-hydrogen) atoms. The molecule has 0 bridgehead atoms. The molecule has 1 aromatic carbocycles. The van der Waals surface area contributed by atoms with Gasteiger partial charge in [0, 0.05) is 6.42 Å². The summed E-state index contributed by atoms with van der Waals surface area (Å²) in [7, 11) is 1.40. The summed E-state index contributed by atoms with van der Waals surface area (Å²) in [5, 5.41) is 0. The van der Waals surface area contributed by atoms with Crippen molar-refractivity contribution in [3.8, 4) is 5.75 Å². The first-order chi connectivity index (χ1) is 9.25. The standard InChI is InChI=1S/C15H20I2O3/c1-15(2,3)10-8-11(16)14(12(17)9-10)20-7-5-6-13(18)19-4/h8-9H,5-7H2,1-4H3. The van der Waals surface area contributed by atoms with Crippen LogP contribution in [0, 0.1) is 7.14 Å². The Morgan fingerprint density at radius 1 is 1.20 bits per heavy atom. The van der Waals surface area contributed by atoms with Crippen molar-refractivity contribution in [3.05, 3.63) is 24.8 Å². The van der Waals surface area contributed by atoms with Crippen molar-refractivity contribution in [2.45, 2.75) is 39.0 Å². The summed E-state index contributed by atoms with van der Waals surface area (Å²) in [6.45, 7) is 7.12. The highest BCUT2D eigenvalue weighted by atomic mass is 127. The fourth-order valence-corrected chi connectivity index (χ4v) is 3.70. The summed E-state index contributed by atoms with van der Waals surface area (Å²) >= 11 is 4.61. The van der Waals surface area contributed by atoms with Crippen molar-refractivity contribution in [2.75, 3.05) is 13.7 Å². The lowest BCUT2D eigenvalue weighted by Gasteiger charge is -2.21. The van der Waals surface area contributed by atoms with E-state index in [1.807, 2.05) is 0 Å². The monoisotopic (exact) mass is 502 g/mol. The number of hydrogen-bond acceptors (Lipinski definition) is 3. The molecule has 0 heterocycles. The Kier molecular flexibility index (Phi) is 7.03. The second-order valence-corrected chi connectivity index (χ2v) is 7.87. The van der Waals surface area contributed by atoms with E-state index >= 15 is 0 Å². The second-order valence-electron chi connectivity index (χ2n) is 5.55. The maximum atomic E-state index is 11.0. The molecule has 0 saturated heterocycles. The molecule has 0 atom stereocenters. The summed E-state index contributed by atoms with van der Waals surface area (Å²) in [4.78, 5) is 11.0. The van der Waals surface area contributed by atoms with E-state index < -0.39 is 0 Å². The van der Waals surface area contributed by atoms with E-state index in [1.54, 1.807) is 0 Å². The number of rotatable bonds is 5. The molecule has 1 rings (SSSR count). The fourth-order valence-electron chi connectivity index (χ4n) is 1.62. The lowest BCUT2D eigenvalue weighted by molar-refractivity contribution is -0.140. The summed E-state index contributed by atoms with van der Waals surface area (Å²) < 4.78 is 12.6. The van der Waals surface area contributed by atoms with Crippen LogP contribution in [0.2, 0.25) is 0 Å². The van der Waals surface area contributed by atoms with Gasteiger partial charge in [-0.05, 0) is 74.7 Å². The topological polar surface area (TPSA) is 35.5 Å². The van der Waals surface area contributed by atoms with E-state index in [2.05, 4.69) is 82.8 Å². The molecular formula is C15H20I2O3. The number of methoxy groups -OCH3 is 1. The first kappa shape index (κ1) is 18.0. The van der Waals surface area contributed by atoms with Crippen LogP contribution in [0.3, 0.4) is 0 Å². The van der Waals surface area contributed by atoms with Gasteiger partial charge in [-0.3, -0.25) is 4.79 Å². The maximum absolute atomic E-state index is 11.0. The van der Waals surface area contributed by atoms with Crippen molar-refractivity contribution in [1.82, 2.24) is 0 Å². The zero-order valence-corrected chi connectivity index (χ0v) is 16.6. The Balaban J connectivity index is 2.70. The number of carbonyl (C=O) groups is 1. The Morgan fingerprint density at radius 2 is 1.75 bits per heavy atom. The largest absolute Gasteiger partial charge is 0.491 e. The van der Waals surface area contributed by atoms with Crippen molar-refractivity contribution in [3.63, 3.8) is 0 Å². The molecule has 5 heteroatoms. The van der Waals surface area contributed by atoms with Crippen molar-refractivity contribution >= 4 is 51.2 Å². The van der Waals surface area contributed by atoms with E-state index in [0.29, 0.717) is 19.4 Å². The van der Waals surface area contributed by atoms with Gasteiger partial charge < -0.3 is 9.47 Å². The molecule has 0 unspecified atom stereocenters. The zero-order chi connectivity index (χ0) is 15.3. The van der Waals surface area contributed by atoms with Crippen LogP contribution in [0.4, 0.5) is 0 Å².